The lowest BCUT2D eigenvalue weighted by Gasteiger charge is -2.10. The van der Waals surface area contributed by atoms with Crippen molar-refractivity contribution in [2.24, 2.45) is 5.73 Å². The molecule has 0 aromatic carbocycles. The van der Waals surface area contributed by atoms with E-state index in [1.807, 2.05) is 0 Å². The summed E-state index contributed by atoms with van der Waals surface area (Å²) in [6.45, 7) is 1.71. The molecule has 64 valence electrons. The summed E-state index contributed by atoms with van der Waals surface area (Å²) in [5.74, 6) is -0.369. The van der Waals surface area contributed by atoms with Crippen molar-refractivity contribution >= 4 is 11.6 Å². The van der Waals surface area contributed by atoms with Crippen LogP contribution in [-0.2, 0) is 4.79 Å². The first-order chi connectivity index (χ1) is 5.70. The zero-order valence-electron chi connectivity index (χ0n) is 6.82. The van der Waals surface area contributed by atoms with Crippen LogP contribution in [0.1, 0.15) is 6.92 Å². The highest BCUT2D eigenvalue weighted by molar-refractivity contribution is 5.82. The normalized spacial score (nSPS) is 12.1. The van der Waals surface area contributed by atoms with Crippen molar-refractivity contribution in [2.75, 3.05) is 5.32 Å². The van der Waals surface area contributed by atoms with Gasteiger partial charge in [-0.15, -0.1) is 0 Å². The van der Waals surface area contributed by atoms with Crippen molar-refractivity contribution in [3.63, 3.8) is 0 Å². The highest BCUT2D eigenvalue weighted by Crippen LogP contribution is 2.04. The van der Waals surface area contributed by atoms with Crippen LogP contribution in [-0.4, -0.2) is 16.9 Å². The molecule has 1 heterocycles. The second-order valence-corrected chi connectivity index (χ2v) is 2.50. The molecule has 1 amide bonds. The van der Waals surface area contributed by atoms with E-state index in [1.54, 1.807) is 31.5 Å². The second kappa shape index (κ2) is 3.71. The number of nitrogens with one attached hydrogen (secondary N) is 1. The third kappa shape index (κ3) is 2.23. The average molecular weight is 165 g/mol. The van der Waals surface area contributed by atoms with Gasteiger partial charge in [0, 0.05) is 18.1 Å². The molecule has 0 aliphatic heterocycles. The van der Waals surface area contributed by atoms with Gasteiger partial charge in [0.2, 0.25) is 5.91 Å². The number of carbonyl (C=O) groups excluding carboxylic acids is 1. The summed E-state index contributed by atoms with van der Waals surface area (Å²) in [5, 5.41) is 2.93. The molecular weight excluding hydrogens is 154 g/mol. The highest BCUT2D eigenvalue weighted by Gasteiger charge is 2.06. The Labute approximate surface area is 70.8 Å². The molecule has 0 saturated carbocycles. The first-order valence-electron chi connectivity index (χ1n) is 3.66. The van der Waals surface area contributed by atoms with Gasteiger partial charge in [-0.05, 0) is 19.1 Å². The van der Waals surface area contributed by atoms with E-state index in [-0.39, 0.29) is 11.9 Å². The van der Waals surface area contributed by atoms with Gasteiger partial charge in [-0.3, -0.25) is 9.78 Å². The molecule has 0 spiro atoms. The van der Waals surface area contributed by atoms with Gasteiger partial charge in [-0.2, -0.15) is 0 Å². The monoisotopic (exact) mass is 165 g/mol. The number of nitrogens with two attached hydrogens (primary N) is 1. The third-order valence-electron chi connectivity index (χ3n) is 1.49. The van der Waals surface area contributed by atoms with E-state index >= 15 is 0 Å². The minimum Gasteiger partial charge on any atom is -0.374 e. The molecule has 1 unspecified atom stereocenters. The van der Waals surface area contributed by atoms with Crippen LogP contribution in [0.4, 0.5) is 5.69 Å². The van der Waals surface area contributed by atoms with Crippen LogP contribution in [0.5, 0.6) is 0 Å². The Bertz CT molecular complexity index is 260. The van der Waals surface area contributed by atoms with Crippen molar-refractivity contribution in [1.29, 1.82) is 0 Å². The molecule has 0 aliphatic carbocycles. The van der Waals surface area contributed by atoms with Gasteiger partial charge in [-0.1, -0.05) is 0 Å². The Morgan fingerprint density at radius 2 is 2.17 bits per heavy atom. The van der Waals surface area contributed by atoms with Crippen molar-refractivity contribution < 1.29 is 4.79 Å². The van der Waals surface area contributed by atoms with Gasteiger partial charge in [0.25, 0.3) is 0 Å². The summed E-state index contributed by atoms with van der Waals surface area (Å²) in [5.41, 5.74) is 5.91. The highest BCUT2D eigenvalue weighted by atomic mass is 16.1. The molecule has 3 N–H and O–H groups in total. The maximum Gasteiger partial charge on any atom is 0.239 e. The maximum absolute atomic E-state index is 10.6. The summed E-state index contributed by atoms with van der Waals surface area (Å²) in [7, 11) is 0. The third-order valence-corrected chi connectivity index (χ3v) is 1.49. The van der Waals surface area contributed by atoms with Gasteiger partial charge in [-0.25, -0.2) is 0 Å². The lowest BCUT2D eigenvalue weighted by Crippen LogP contribution is -2.32. The van der Waals surface area contributed by atoms with Crippen LogP contribution in [0.15, 0.2) is 24.5 Å². The van der Waals surface area contributed by atoms with E-state index < -0.39 is 0 Å². The maximum atomic E-state index is 10.6. The fourth-order valence-corrected chi connectivity index (χ4v) is 0.769. The predicted octanol–water partition coefficient (Wildman–Crippen LogP) is 0.367. The molecule has 1 aromatic rings. The van der Waals surface area contributed by atoms with Crippen molar-refractivity contribution in [1.82, 2.24) is 4.98 Å². The number of primary amides is 1. The van der Waals surface area contributed by atoms with Crippen molar-refractivity contribution in [3.8, 4) is 0 Å². The fraction of sp³-hybridized carbons (Fsp3) is 0.250. The van der Waals surface area contributed by atoms with Crippen LogP contribution in [0, 0.1) is 0 Å². The quantitative estimate of drug-likeness (QED) is 0.679. The average Bonchev–Trinajstić information content (AvgIpc) is 2.06. The first kappa shape index (κ1) is 8.52. The van der Waals surface area contributed by atoms with E-state index in [9.17, 15) is 4.79 Å². The summed E-state index contributed by atoms with van der Waals surface area (Å²) in [4.78, 5) is 14.5. The molecule has 1 aromatic heterocycles. The van der Waals surface area contributed by atoms with Gasteiger partial charge >= 0.3 is 0 Å². The molecule has 0 fully saturated rings. The van der Waals surface area contributed by atoms with E-state index in [1.165, 1.54) is 0 Å². The standard InChI is InChI=1S/C8H11N3O/c1-6(8(9)12)11-7-2-4-10-5-3-7/h2-6H,1H3,(H2,9,12)(H,10,11). The number of carbonyl (C=O) groups is 1. The van der Waals surface area contributed by atoms with Crippen LogP contribution in [0.2, 0.25) is 0 Å². The zero-order valence-corrected chi connectivity index (χ0v) is 6.82. The molecule has 0 bridgehead atoms. The van der Waals surface area contributed by atoms with Gasteiger partial charge in [0.15, 0.2) is 0 Å². The summed E-state index contributed by atoms with van der Waals surface area (Å²) < 4.78 is 0. The number of amides is 1. The second-order valence-electron chi connectivity index (χ2n) is 2.50. The molecule has 0 aliphatic rings. The molecule has 1 rings (SSSR count). The number of nitrogens with zero attached hydrogens (tertiary/aromatic N) is 1. The first-order valence-corrected chi connectivity index (χ1v) is 3.66. The van der Waals surface area contributed by atoms with E-state index in [2.05, 4.69) is 10.3 Å². The Balaban J connectivity index is 2.58. The van der Waals surface area contributed by atoms with Crippen molar-refractivity contribution in [3.05, 3.63) is 24.5 Å². The molecule has 12 heavy (non-hydrogen) atoms. The van der Waals surface area contributed by atoms with E-state index in [4.69, 9.17) is 5.73 Å². The van der Waals surface area contributed by atoms with Gasteiger partial charge < -0.3 is 11.1 Å². The SMILES string of the molecule is CC(Nc1ccncc1)C(N)=O. The molecule has 0 radical (unpaired) electrons. The number of pyridine rings is 1. The molecule has 1 atom stereocenters. The van der Waals surface area contributed by atoms with Crippen LogP contribution < -0.4 is 11.1 Å². The molecule has 4 nitrogen and oxygen atoms in total. The summed E-state index contributed by atoms with van der Waals surface area (Å²) in [6, 6.07) is 3.20. The number of rotatable bonds is 3. The number of anilines is 1. The van der Waals surface area contributed by atoms with Crippen LogP contribution in [0.25, 0.3) is 0 Å². The number of aromatic nitrogens is 1. The fourth-order valence-electron chi connectivity index (χ4n) is 0.769. The van der Waals surface area contributed by atoms with Crippen LogP contribution in [0.3, 0.4) is 0 Å². The molecule has 0 saturated heterocycles. The summed E-state index contributed by atoms with van der Waals surface area (Å²) in [6.07, 6.45) is 3.30. The van der Waals surface area contributed by atoms with Crippen LogP contribution >= 0.6 is 0 Å². The lowest BCUT2D eigenvalue weighted by atomic mass is 10.3. The zero-order chi connectivity index (χ0) is 8.97. The Morgan fingerprint density at radius 3 is 2.67 bits per heavy atom. The number of hydrogen-bond acceptors (Lipinski definition) is 3. The van der Waals surface area contributed by atoms with Crippen molar-refractivity contribution in [2.45, 2.75) is 13.0 Å². The largest absolute Gasteiger partial charge is 0.374 e. The van der Waals surface area contributed by atoms with Gasteiger partial charge in [0.1, 0.15) is 6.04 Å². The van der Waals surface area contributed by atoms with E-state index in [0.717, 1.165) is 5.69 Å². The lowest BCUT2D eigenvalue weighted by molar-refractivity contribution is -0.118. The van der Waals surface area contributed by atoms with E-state index in [0.29, 0.717) is 0 Å². The Kier molecular flexibility index (Phi) is 2.63. The van der Waals surface area contributed by atoms with Gasteiger partial charge in [0.05, 0.1) is 0 Å². The number of hydrogen-bond donors (Lipinski definition) is 2. The minimum absolute atomic E-state index is 0.354. The molecular formula is C8H11N3O. The molecule has 4 heteroatoms. The topological polar surface area (TPSA) is 68.0 Å². The predicted molar refractivity (Wildman–Crippen MR) is 46.5 cm³/mol. The Hall–Kier alpha value is -1.58. The minimum atomic E-state index is -0.369. The smallest absolute Gasteiger partial charge is 0.239 e. The summed E-state index contributed by atoms with van der Waals surface area (Å²) >= 11 is 0. The Morgan fingerprint density at radius 1 is 1.58 bits per heavy atom.